The lowest BCUT2D eigenvalue weighted by Gasteiger charge is -2.12. The average Bonchev–Trinajstić information content (AvgIpc) is 2.34. The van der Waals surface area contributed by atoms with Gasteiger partial charge in [-0.1, -0.05) is 12.1 Å². The van der Waals surface area contributed by atoms with Crippen LogP contribution < -0.4 is 5.32 Å². The van der Waals surface area contributed by atoms with Gasteiger partial charge in [0.2, 0.25) is 5.91 Å². The van der Waals surface area contributed by atoms with Gasteiger partial charge in [-0.25, -0.2) is 4.79 Å². The summed E-state index contributed by atoms with van der Waals surface area (Å²) in [7, 11) is 0. The van der Waals surface area contributed by atoms with Gasteiger partial charge in [0.1, 0.15) is 6.04 Å². The molecule has 18 heavy (non-hydrogen) atoms. The quantitative estimate of drug-likeness (QED) is 0.813. The normalized spacial score (nSPS) is 11.3. The summed E-state index contributed by atoms with van der Waals surface area (Å²) >= 11 is 0. The Morgan fingerprint density at radius 3 is 2.44 bits per heavy atom. The standard InChI is InChI=1S/C13H14N2O3/c1-9(16)15-12(13(17)18)7-6-10-2-4-11(8-14)5-3-10/h2-5,12H,6-7H2,1H3,(H,15,16)(H,17,18). The molecule has 0 radical (unpaired) electrons. The number of aliphatic carboxylic acids is 1. The fraction of sp³-hybridized carbons (Fsp3) is 0.308. The molecule has 5 nitrogen and oxygen atoms in total. The molecule has 0 aliphatic heterocycles. The Labute approximate surface area is 105 Å². The first-order valence-electron chi connectivity index (χ1n) is 5.52. The SMILES string of the molecule is CC(=O)NC(CCc1ccc(C#N)cc1)C(=O)O. The summed E-state index contributed by atoms with van der Waals surface area (Å²) < 4.78 is 0. The van der Waals surface area contributed by atoms with Gasteiger partial charge in [-0.2, -0.15) is 5.26 Å². The van der Waals surface area contributed by atoms with E-state index in [0.29, 0.717) is 18.4 Å². The van der Waals surface area contributed by atoms with Gasteiger partial charge >= 0.3 is 5.97 Å². The first-order chi connectivity index (χ1) is 8.52. The van der Waals surface area contributed by atoms with Crippen molar-refractivity contribution < 1.29 is 14.7 Å². The van der Waals surface area contributed by atoms with Gasteiger partial charge in [-0.3, -0.25) is 4.79 Å². The number of rotatable bonds is 5. The molecule has 1 rings (SSSR count). The van der Waals surface area contributed by atoms with Crippen LogP contribution in [0.3, 0.4) is 0 Å². The minimum atomic E-state index is -1.04. The van der Waals surface area contributed by atoms with Crippen LogP contribution in [0.2, 0.25) is 0 Å². The molecular formula is C13H14N2O3. The van der Waals surface area contributed by atoms with E-state index < -0.39 is 12.0 Å². The molecule has 0 bridgehead atoms. The summed E-state index contributed by atoms with van der Waals surface area (Å²) in [6, 6.07) is 8.07. The van der Waals surface area contributed by atoms with Gasteiger partial charge < -0.3 is 10.4 Å². The lowest BCUT2D eigenvalue weighted by Crippen LogP contribution is -2.39. The molecule has 0 aliphatic carbocycles. The van der Waals surface area contributed by atoms with Crippen molar-refractivity contribution in [2.75, 3.05) is 0 Å². The molecule has 0 aromatic heterocycles. The van der Waals surface area contributed by atoms with Gasteiger partial charge in [0.25, 0.3) is 0 Å². The molecule has 1 amide bonds. The number of nitrogens with zero attached hydrogens (tertiary/aromatic N) is 1. The number of amides is 1. The fourth-order valence-electron chi connectivity index (χ4n) is 1.56. The van der Waals surface area contributed by atoms with Crippen molar-refractivity contribution in [1.29, 1.82) is 5.26 Å². The molecule has 0 saturated carbocycles. The predicted octanol–water partition coefficient (Wildman–Crippen LogP) is 1.08. The summed E-state index contributed by atoms with van der Waals surface area (Å²) in [5.41, 5.74) is 1.50. The minimum Gasteiger partial charge on any atom is -0.480 e. The van der Waals surface area contributed by atoms with Crippen molar-refractivity contribution in [3.8, 4) is 6.07 Å². The van der Waals surface area contributed by atoms with Crippen molar-refractivity contribution in [2.24, 2.45) is 0 Å². The number of benzene rings is 1. The topological polar surface area (TPSA) is 90.2 Å². The third-order valence-electron chi connectivity index (χ3n) is 2.48. The first-order valence-corrected chi connectivity index (χ1v) is 5.52. The predicted molar refractivity (Wildman–Crippen MR) is 64.7 cm³/mol. The number of nitriles is 1. The van der Waals surface area contributed by atoms with Gasteiger partial charge in [0.15, 0.2) is 0 Å². The molecule has 1 unspecified atom stereocenters. The highest BCUT2D eigenvalue weighted by Gasteiger charge is 2.17. The number of aryl methyl sites for hydroxylation is 1. The highest BCUT2D eigenvalue weighted by atomic mass is 16.4. The Balaban J connectivity index is 2.58. The molecule has 0 fully saturated rings. The van der Waals surface area contributed by atoms with E-state index in [9.17, 15) is 9.59 Å². The van der Waals surface area contributed by atoms with Crippen LogP contribution in [0.25, 0.3) is 0 Å². The smallest absolute Gasteiger partial charge is 0.326 e. The first kappa shape index (κ1) is 13.7. The van der Waals surface area contributed by atoms with Gasteiger partial charge in [0, 0.05) is 6.92 Å². The van der Waals surface area contributed by atoms with Crippen molar-refractivity contribution in [2.45, 2.75) is 25.8 Å². The number of carbonyl (C=O) groups is 2. The zero-order chi connectivity index (χ0) is 13.5. The molecule has 5 heteroatoms. The zero-order valence-electron chi connectivity index (χ0n) is 10.0. The highest BCUT2D eigenvalue weighted by Crippen LogP contribution is 2.08. The second-order valence-corrected chi connectivity index (χ2v) is 3.94. The van der Waals surface area contributed by atoms with Gasteiger partial charge in [0.05, 0.1) is 11.6 Å². The summed E-state index contributed by atoms with van der Waals surface area (Å²) in [5, 5.41) is 19.9. The largest absolute Gasteiger partial charge is 0.480 e. The molecular weight excluding hydrogens is 232 g/mol. The molecule has 1 atom stereocenters. The molecule has 0 spiro atoms. The van der Waals surface area contributed by atoms with Crippen molar-refractivity contribution >= 4 is 11.9 Å². The third kappa shape index (κ3) is 4.26. The van der Waals surface area contributed by atoms with E-state index in [-0.39, 0.29) is 5.91 Å². The lowest BCUT2D eigenvalue weighted by molar-refractivity contribution is -0.141. The molecule has 0 aliphatic rings. The van der Waals surface area contributed by atoms with Crippen LogP contribution in [-0.2, 0) is 16.0 Å². The van der Waals surface area contributed by atoms with Crippen LogP contribution in [0.15, 0.2) is 24.3 Å². The molecule has 0 saturated heterocycles. The molecule has 2 N–H and O–H groups in total. The summed E-state index contributed by atoms with van der Waals surface area (Å²) in [5.74, 6) is -1.40. The van der Waals surface area contributed by atoms with E-state index in [1.165, 1.54) is 6.92 Å². The van der Waals surface area contributed by atoms with E-state index in [1.807, 2.05) is 6.07 Å². The highest BCUT2D eigenvalue weighted by molar-refractivity contribution is 5.82. The molecule has 1 aromatic rings. The van der Waals surface area contributed by atoms with Crippen LogP contribution >= 0.6 is 0 Å². The maximum absolute atomic E-state index is 10.9. The fourth-order valence-corrected chi connectivity index (χ4v) is 1.56. The number of nitrogens with one attached hydrogen (secondary N) is 1. The van der Waals surface area contributed by atoms with E-state index in [1.54, 1.807) is 24.3 Å². The van der Waals surface area contributed by atoms with Crippen LogP contribution in [0.5, 0.6) is 0 Å². The van der Waals surface area contributed by atoms with Gasteiger partial charge in [-0.05, 0) is 30.5 Å². The second kappa shape index (κ2) is 6.40. The Morgan fingerprint density at radius 2 is 2.00 bits per heavy atom. The van der Waals surface area contributed by atoms with E-state index >= 15 is 0 Å². The minimum absolute atomic E-state index is 0.320. The number of carboxylic acids is 1. The second-order valence-electron chi connectivity index (χ2n) is 3.94. The maximum Gasteiger partial charge on any atom is 0.326 e. The van der Waals surface area contributed by atoms with Crippen LogP contribution in [0.1, 0.15) is 24.5 Å². The van der Waals surface area contributed by atoms with Crippen LogP contribution in [-0.4, -0.2) is 23.0 Å². The monoisotopic (exact) mass is 246 g/mol. The van der Waals surface area contributed by atoms with Crippen LogP contribution in [0, 0.1) is 11.3 Å². The Morgan fingerprint density at radius 1 is 1.39 bits per heavy atom. The van der Waals surface area contributed by atoms with Crippen molar-refractivity contribution in [3.05, 3.63) is 35.4 Å². The van der Waals surface area contributed by atoms with Gasteiger partial charge in [-0.15, -0.1) is 0 Å². The number of carbonyl (C=O) groups excluding carboxylic acids is 1. The van der Waals surface area contributed by atoms with Crippen molar-refractivity contribution in [3.63, 3.8) is 0 Å². The van der Waals surface area contributed by atoms with Crippen LogP contribution in [0.4, 0.5) is 0 Å². The number of carboxylic acid groups (broad SMARTS) is 1. The zero-order valence-corrected chi connectivity index (χ0v) is 10.0. The van der Waals surface area contributed by atoms with E-state index in [2.05, 4.69) is 5.32 Å². The third-order valence-corrected chi connectivity index (χ3v) is 2.48. The molecule has 1 aromatic carbocycles. The Hall–Kier alpha value is -2.35. The molecule has 94 valence electrons. The van der Waals surface area contributed by atoms with E-state index in [4.69, 9.17) is 10.4 Å². The van der Waals surface area contributed by atoms with E-state index in [0.717, 1.165) is 5.56 Å². The summed E-state index contributed by atoms with van der Waals surface area (Å²) in [4.78, 5) is 21.7. The number of hydrogen-bond donors (Lipinski definition) is 2. The Kier molecular flexibility index (Phi) is 4.88. The number of hydrogen-bond acceptors (Lipinski definition) is 3. The molecule has 0 heterocycles. The summed E-state index contributed by atoms with van der Waals surface area (Å²) in [6.07, 6.45) is 0.851. The summed E-state index contributed by atoms with van der Waals surface area (Å²) in [6.45, 7) is 1.29. The van der Waals surface area contributed by atoms with Crippen molar-refractivity contribution in [1.82, 2.24) is 5.32 Å². The Bertz CT molecular complexity index is 474. The average molecular weight is 246 g/mol. The maximum atomic E-state index is 10.9. The lowest BCUT2D eigenvalue weighted by atomic mass is 10.0.